The van der Waals surface area contributed by atoms with Gasteiger partial charge in [0.1, 0.15) is 0 Å². The van der Waals surface area contributed by atoms with Gasteiger partial charge in [-0.05, 0) is 45.3 Å². The highest BCUT2D eigenvalue weighted by atomic mass is 15.3. The van der Waals surface area contributed by atoms with Crippen LogP contribution in [0.2, 0.25) is 0 Å². The van der Waals surface area contributed by atoms with E-state index >= 15 is 0 Å². The van der Waals surface area contributed by atoms with E-state index < -0.39 is 0 Å². The van der Waals surface area contributed by atoms with E-state index in [4.69, 9.17) is 5.73 Å². The summed E-state index contributed by atoms with van der Waals surface area (Å²) in [7, 11) is 2.27. The molecule has 0 aromatic heterocycles. The Kier molecular flexibility index (Phi) is 1.92. The maximum Gasteiger partial charge on any atom is 0.0514 e. The molecule has 4 heterocycles. The third-order valence-corrected chi connectivity index (χ3v) is 4.90. The number of likely N-dealkylation sites (N-methyl/N-ethyl adjacent to an activating group) is 1. The Morgan fingerprint density at radius 3 is 2.29 bits per heavy atom. The number of piperidine rings is 3. The second kappa shape index (κ2) is 2.94. The van der Waals surface area contributed by atoms with Crippen molar-refractivity contribution in [2.24, 2.45) is 11.7 Å². The van der Waals surface area contributed by atoms with E-state index in [1.54, 1.807) is 0 Å². The van der Waals surface area contributed by atoms with E-state index in [-0.39, 0.29) is 0 Å². The fourth-order valence-electron chi connectivity index (χ4n) is 4.00. The molecular weight excluding hydrogens is 174 g/mol. The minimum absolute atomic E-state index is 0.344. The van der Waals surface area contributed by atoms with E-state index in [0.717, 1.165) is 5.92 Å². The Morgan fingerprint density at radius 2 is 1.86 bits per heavy atom. The van der Waals surface area contributed by atoms with Gasteiger partial charge < -0.3 is 10.6 Å². The minimum Gasteiger partial charge on any atom is -0.326 e. The second-order valence-corrected chi connectivity index (χ2v) is 5.36. The number of nitrogens with two attached hydrogens (primary N) is 1. The average Bonchev–Trinajstić information content (AvgIpc) is 2.49. The molecule has 0 aromatic carbocycles. The molecule has 80 valence electrons. The summed E-state index contributed by atoms with van der Waals surface area (Å²) in [5.74, 6) is 0.870. The van der Waals surface area contributed by atoms with Crippen LogP contribution in [0, 0.1) is 5.92 Å². The maximum absolute atomic E-state index is 6.35. The summed E-state index contributed by atoms with van der Waals surface area (Å²) in [6, 6.07) is 0.417. The second-order valence-electron chi connectivity index (χ2n) is 5.36. The molecule has 0 radical (unpaired) electrons. The van der Waals surface area contributed by atoms with Crippen LogP contribution in [-0.4, -0.2) is 54.6 Å². The molecule has 2 atom stereocenters. The van der Waals surface area contributed by atoms with Crippen molar-refractivity contribution in [3.8, 4) is 0 Å². The summed E-state index contributed by atoms with van der Waals surface area (Å²) in [5, 5.41) is 0. The predicted octanol–water partition coefficient (Wildman–Crippen LogP) is 0.114. The largest absolute Gasteiger partial charge is 0.326 e. The molecule has 0 saturated carbocycles. The number of rotatable bonds is 0. The van der Waals surface area contributed by atoms with E-state index in [1.165, 1.54) is 45.4 Å². The summed E-state index contributed by atoms with van der Waals surface area (Å²) >= 11 is 0. The molecule has 2 N–H and O–H groups in total. The normalized spacial score (nSPS) is 53.1. The van der Waals surface area contributed by atoms with Crippen LogP contribution < -0.4 is 5.73 Å². The molecule has 4 rings (SSSR count). The molecule has 2 bridgehead atoms. The van der Waals surface area contributed by atoms with Crippen molar-refractivity contribution in [3.05, 3.63) is 0 Å². The van der Waals surface area contributed by atoms with Crippen LogP contribution in [0.5, 0.6) is 0 Å². The quantitative estimate of drug-likeness (QED) is 0.595. The molecule has 3 heteroatoms. The maximum atomic E-state index is 6.35. The van der Waals surface area contributed by atoms with E-state index in [0.29, 0.717) is 11.6 Å². The lowest BCUT2D eigenvalue weighted by Crippen LogP contribution is -2.69. The molecule has 1 spiro atoms. The fraction of sp³-hybridized carbons (Fsp3) is 1.00. The molecule has 3 nitrogen and oxygen atoms in total. The summed E-state index contributed by atoms with van der Waals surface area (Å²) in [6.45, 7) is 5.06. The monoisotopic (exact) mass is 195 g/mol. The molecule has 4 aliphatic heterocycles. The van der Waals surface area contributed by atoms with Gasteiger partial charge in [0.15, 0.2) is 0 Å². The first-order chi connectivity index (χ1) is 6.73. The first-order valence-electron chi connectivity index (χ1n) is 5.92. The van der Waals surface area contributed by atoms with Crippen molar-refractivity contribution in [3.63, 3.8) is 0 Å². The van der Waals surface area contributed by atoms with Gasteiger partial charge in [-0.3, -0.25) is 4.90 Å². The van der Waals surface area contributed by atoms with Crippen molar-refractivity contribution < 1.29 is 0 Å². The lowest BCUT2D eigenvalue weighted by atomic mass is 9.69. The van der Waals surface area contributed by atoms with Gasteiger partial charge in [0.05, 0.1) is 5.54 Å². The summed E-state index contributed by atoms with van der Waals surface area (Å²) in [4.78, 5) is 5.16. The number of hydrogen-bond acceptors (Lipinski definition) is 3. The molecule has 0 aliphatic carbocycles. The van der Waals surface area contributed by atoms with Gasteiger partial charge in [-0.1, -0.05) is 0 Å². The van der Waals surface area contributed by atoms with Gasteiger partial charge in [-0.15, -0.1) is 0 Å². The third-order valence-electron chi connectivity index (χ3n) is 4.90. The molecule has 14 heavy (non-hydrogen) atoms. The average molecular weight is 195 g/mol. The van der Waals surface area contributed by atoms with Gasteiger partial charge in [0.2, 0.25) is 0 Å². The number of hydrogen-bond donors (Lipinski definition) is 1. The molecule has 4 aliphatic rings. The number of nitrogens with zero attached hydrogens (tertiary/aromatic N) is 2. The Hall–Kier alpha value is -0.120. The molecule has 2 unspecified atom stereocenters. The summed E-state index contributed by atoms with van der Waals surface area (Å²) in [6.07, 6.45) is 3.94. The SMILES string of the molecule is CN1CCC(N)C12CN1CCC2CC1. The topological polar surface area (TPSA) is 32.5 Å². The summed E-state index contributed by atoms with van der Waals surface area (Å²) < 4.78 is 0. The minimum atomic E-state index is 0.344. The third kappa shape index (κ3) is 0.980. The first kappa shape index (κ1) is 9.13. The molecule has 4 fully saturated rings. The number of likely N-dealkylation sites (tertiary alicyclic amines) is 1. The Labute approximate surface area is 86.2 Å². The number of fused-ring (bicyclic) bond motifs is 2. The Balaban J connectivity index is 1.94. The lowest BCUT2D eigenvalue weighted by Gasteiger charge is -2.56. The van der Waals surface area contributed by atoms with Crippen molar-refractivity contribution in [2.75, 3.05) is 33.2 Å². The van der Waals surface area contributed by atoms with Gasteiger partial charge in [0, 0.05) is 19.1 Å². The highest BCUT2D eigenvalue weighted by molar-refractivity contribution is 5.13. The molecule has 0 amide bonds. The van der Waals surface area contributed by atoms with Gasteiger partial charge in [0.25, 0.3) is 0 Å². The van der Waals surface area contributed by atoms with Crippen molar-refractivity contribution in [1.82, 2.24) is 9.80 Å². The Bertz CT molecular complexity index is 223. The predicted molar refractivity (Wildman–Crippen MR) is 57.1 cm³/mol. The molecule has 0 aromatic rings. The molecular formula is C11H21N3. The van der Waals surface area contributed by atoms with Gasteiger partial charge in [-0.25, -0.2) is 0 Å². The van der Waals surface area contributed by atoms with Crippen molar-refractivity contribution in [1.29, 1.82) is 0 Å². The highest BCUT2D eigenvalue weighted by Crippen LogP contribution is 2.44. The standard InChI is InChI=1S/C11H21N3/c1-13-5-4-10(12)11(13)8-14-6-2-9(11)3-7-14/h9-10H,2-8,12H2,1H3. The van der Waals surface area contributed by atoms with E-state index in [2.05, 4.69) is 16.8 Å². The lowest BCUT2D eigenvalue weighted by molar-refractivity contribution is -0.0479. The van der Waals surface area contributed by atoms with Gasteiger partial charge in [-0.2, -0.15) is 0 Å². The van der Waals surface area contributed by atoms with Crippen LogP contribution >= 0.6 is 0 Å². The molecule has 4 saturated heterocycles. The van der Waals surface area contributed by atoms with Crippen LogP contribution in [0.4, 0.5) is 0 Å². The van der Waals surface area contributed by atoms with E-state index in [1.807, 2.05) is 0 Å². The smallest absolute Gasteiger partial charge is 0.0514 e. The van der Waals surface area contributed by atoms with Gasteiger partial charge >= 0.3 is 0 Å². The van der Waals surface area contributed by atoms with Crippen LogP contribution in [0.3, 0.4) is 0 Å². The fourth-order valence-corrected chi connectivity index (χ4v) is 4.00. The van der Waals surface area contributed by atoms with Crippen LogP contribution in [0.15, 0.2) is 0 Å². The zero-order valence-corrected chi connectivity index (χ0v) is 9.08. The zero-order valence-electron chi connectivity index (χ0n) is 9.08. The zero-order chi connectivity index (χ0) is 9.76. The van der Waals surface area contributed by atoms with Crippen molar-refractivity contribution >= 4 is 0 Å². The van der Waals surface area contributed by atoms with Crippen molar-refractivity contribution in [2.45, 2.75) is 30.8 Å². The first-order valence-corrected chi connectivity index (χ1v) is 5.92. The highest BCUT2D eigenvalue weighted by Gasteiger charge is 2.55. The van der Waals surface area contributed by atoms with E-state index in [9.17, 15) is 0 Å². The van der Waals surface area contributed by atoms with Crippen LogP contribution in [0.25, 0.3) is 0 Å². The Morgan fingerprint density at radius 1 is 1.14 bits per heavy atom. The van der Waals surface area contributed by atoms with Crippen LogP contribution in [-0.2, 0) is 0 Å². The van der Waals surface area contributed by atoms with Crippen LogP contribution in [0.1, 0.15) is 19.3 Å². The summed E-state index contributed by atoms with van der Waals surface area (Å²) in [5.41, 5.74) is 6.70.